The molecule has 3 N–H and O–H groups in total. The Morgan fingerprint density at radius 1 is 1.16 bits per heavy atom. The summed E-state index contributed by atoms with van der Waals surface area (Å²) in [6.45, 7) is 10.3. The van der Waals surface area contributed by atoms with E-state index in [1.54, 1.807) is 25.5 Å². The van der Waals surface area contributed by atoms with Crippen molar-refractivity contribution in [2.75, 3.05) is 6.61 Å². The predicted molar refractivity (Wildman–Crippen MR) is 134 cm³/mol. The maximum Gasteiger partial charge on any atom is 0.0788 e. The van der Waals surface area contributed by atoms with Crippen LogP contribution in [0.25, 0.3) is 0 Å². The van der Waals surface area contributed by atoms with Crippen LogP contribution in [0.4, 0.5) is 0 Å². The van der Waals surface area contributed by atoms with Crippen molar-refractivity contribution in [2.45, 2.75) is 109 Å². The molecule has 0 aromatic heterocycles. The van der Waals surface area contributed by atoms with Crippen molar-refractivity contribution in [3.63, 3.8) is 0 Å². The summed E-state index contributed by atoms with van der Waals surface area (Å²) in [6, 6.07) is 0. The minimum Gasteiger partial charge on any atom is -0.392 e. The summed E-state index contributed by atoms with van der Waals surface area (Å²) >= 11 is 4.78. The van der Waals surface area contributed by atoms with Gasteiger partial charge in [-0.3, -0.25) is 0 Å². The molecule has 5 unspecified atom stereocenters. The highest BCUT2D eigenvalue weighted by Crippen LogP contribution is 2.58. The molecule has 5 atom stereocenters. The lowest BCUT2D eigenvalue weighted by Gasteiger charge is -2.43. The average Bonchev–Trinajstić information content (AvgIpc) is 3.06. The van der Waals surface area contributed by atoms with E-state index in [4.69, 9.17) is 22.8 Å². The van der Waals surface area contributed by atoms with Crippen LogP contribution in [0.2, 0.25) is 0 Å². The quantitative estimate of drug-likeness (QED) is 0.314. The van der Waals surface area contributed by atoms with E-state index in [1.165, 1.54) is 37.7 Å². The first-order valence-electron chi connectivity index (χ1n) is 12.3. The van der Waals surface area contributed by atoms with E-state index in [0.29, 0.717) is 17.1 Å². The Morgan fingerprint density at radius 2 is 1.84 bits per heavy atom. The third-order valence-electron chi connectivity index (χ3n) is 7.99. The number of rotatable bonds is 4. The lowest BCUT2D eigenvalue weighted by atomic mass is 9.63. The second kappa shape index (κ2) is 11.5. The topological polar surface area (TPSA) is 60.7 Å². The fraction of sp³-hybridized carbons (Fsp3) is 0.778. The van der Waals surface area contributed by atoms with Gasteiger partial charge < -0.3 is 15.3 Å². The molecule has 178 valence electrons. The van der Waals surface area contributed by atoms with Crippen LogP contribution in [-0.2, 0) is 0 Å². The van der Waals surface area contributed by atoms with E-state index in [-0.39, 0.29) is 6.61 Å². The van der Waals surface area contributed by atoms with Crippen LogP contribution in [0.1, 0.15) is 92.4 Å². The number of aliphatic hydroxyl groups is 3. The highest BCUT2D eigenvalue weighted by Gasteiger charge is 2.50. The molecule has 3 saturated carbocycles. The summed E-state index contributed by atoms with van der Waals surface area (Å²) in [5.41, 5.74) is 3.94. The molecule has 0 amide bonds. The van der Waals surface area contributed by atoms with Gasteiger partial charge in [-0.25, -0.2) is 0 Å². The maximum absolute atomic E-state index is 10.2. The molecule has 3 aliphatic rings. The van der Waals surface area contributed by atoms with Crippen molar-refractivity contribution in [3.05, 3.63) is 34.9 Å². The van der Waals surface area contributed by atoms with Gasteiger partial charge in [-0.05, 0) is 94.5 Å². The first-order chi connectivity index (χ1) is 14.5. The Kier molecular flexibility index (Phi) is 9.94. The van der Waals surface area contributed by atoms with E-state index in [0.717, 1.165) is 36.7 Å². The van der Waals surface area contributed by atoms with Gasteiger partial charge >= 0.3 is 0 Å². The lowest BCUT2D eigenvalue weighted by molar-refractivity contribution is 0.0765. The average molecular weight is 451 g/mol. The third-order valence-corrected chi connectivity index (χ3v) is 8.35. The highest BCUT2D eigenvalue weighted by atomic mass is 32.1. The molecule has 0 aromatic carbocycles. The summed E-state index contributed by atoms with van der Waals surface area (Å²) in [5, 5.41) is 28.6. The summed E-state index contributed by atoms with van der Waals surface area (Å²) in [4.78, 5) is 0. The van der Waals surface area contributed by atoms with E-state index < -0.39 is 11.7 Å². The number of allylic oxidation sites excluding steroid dienone is 3. The fourth-order valence-corrected chi connectivity index (χ4v) is 6.25. The van der Waals surface area contributed by atoms with Gasteiger partial charge in [0.1, 0.15) is 0 Å². The minimum absolute atomic E-state index is 0.0283. The summed E-state index contributed by atoms with van der Waals surface area (Å²) in [7, 11) is 0. The zero-order valence-corrected chi connectivity index (χ0v) is 21.3. The second-order valence-corrected chi connectivity index (χ2v) is 11.6. The van der Waals surface area contributed by atoms with Gasteiger partial charge in [0, 0.05) is 5.25 Å². The van der Waals surface area contributed by atoms with Crippen LogP contribution in [0.3, 0.4) is 0 Å². The molecule has 3 aliphatic carbocycles. The van der Waals surface area contributed by atoms with Crippen LogP contribution >= 0.6 is 12.6 Å². The number of hydrogen-bond donors (Lipinski definition) is 4. The molecule has 3 nitrogen and oxygen atoms in total. The molecule has 3 fully saturated rings. The summed E-state index contributed by atoms with van der Waals surface area (Å²) in [5.74, 6) is 1.45. The second-order valence-electron chi connectivity index (χ2n) is 10.8. The van der Waals surface area contributed by atoms with Gasteiger partial charge in [0.2, 0.25) is 0 Å². The molecule has 0 spiro atoms. The number of aliphatic hydroxyl groups excluding tert-OH is 2. The molecular weight excluding hydrogens is 404 g/mol. The number of fused-ring (bicyclic) bond motifs is 1. The first kappa shape index (κ1) is 26.7. The van der Waals surface area contributed by atoms with Crippen molar-refractivity contribution in [1.82, 2.24) is 0 Å². The monoisotopic (exact) mass is 450 g/mol. The van der Waals surface area contributed by atoms with Gasteiger partial charge in [-0.1, -0.05) is 50.1 Å². The molecular formula is C27H46O3S. The molecule has 0 saturated heterocycles. The lowest BCUT2D eigenvalue weighted by Crippen LogP contribution is -2.36. The zero-order valence-electron chi connectivity index (χ0n) is 20.4. The van der Waals surface area contributed by atoms with E-state index in [1.807, 2.05) is 6.92 Å². The van der Waals surface area contributed by atoms with Crippen molar-refractivity contribution in [1.29, 1.82) is 0 Å². The normalized spacial score (nSPS) is 36.3. The van der Waals surface area contributed by atoms with Crippen molar-refractivity contribution in [2.24, 2.45) is 17.3 Å². The number of hydrogen-bond acceptors (Lipinski definition) is 4. The Labute approximate surface area is 196 Å². The Hall–Kier alpha value is -0.550. The van der Waals surface area contributed by atoms with Gasteiger partial charge in [-0.2, -0.15) is 12.6 Å². The van der Waals surface area contributed by atoms with Gasteiger partial charge in [0.25, 0.3) is 0 Å². The molecule has 0 aliphatic heterocycles. The van der Waals surface area contributed by atoms with Crippen LogP contribution in [0, 0.1) is 17.3 Å². The van der Waals surface area contributed by atoms with Gasteiger partial charge in [0.05, 0.1) is 18.3 Å². The smallest absolute Gasteiger partial charge is 0.0788 e. The SMILES string of the molecule is CC(S)C1CCC2/C(=C/C=C3/CC/C(=C/CO)C(O)C3)CCCC21C.CCC(C)(C)O. The van der Waals surface area contributed by atoms with E-state index in [9.17, 15) is 5.11 Å². The van der Waals surface area contributed by atoms with E-state index in [2.05, 4.69) is 26.0 Å². The third kappa shape index (κ3) is 7.22. The Morgan fingerprint density at radius 3 is 2.39 bits per heavy atom. The van der Waals surface area contributed by atoms with Crippen molar-refractivity contribution in [3.8, 4) is 0 Å². The van der Waals surface area contributed by atoms with Crippen LogP contribution < -0.4 is 0 Å². The van der Waals surface area contributed by atoms with Crippen LogP contribution in [-0.4, -0.2) is 38.9 Å². The molecule has 0 bridgehead atoms. The predicted octanol–water partition coefficient (Wildman–Crippen LogP) is 6.00. The van der Waals surface area contributed by atoms with Crippen molar-refractivity contribution < 1.29 is 15.3 Å². The van der Waals surface area contributed by atoms with Crippen LogP contribution in [0.15, 0.2) is 34.9 Å². The molecule has 0 radical (unpaired) electrons. The summed E-state index contributed by atoms with van der Waals surface area (Å²) < 4.78 is 0. The Bertz CT molecular complexity index is 670. The van der Waals surface area contributed by atoms with Gasteiger partial charge in [0.15, 0.2) is 0 Å². The number of thiol groups is 1. The molecule has 3 rings (SSSR count). The van der Waals surface area contributed by atoms with Gasteiger partial charge in [-0.15, -0.1) is 0 Å². The summed E-state index contributed by atoms with van der Waals surface area (Å²) in [6.07, 6.45) is 15.9. The molecule has 31 heavy (non-hydrogen) atoms. The fourth-order valence-electron chi connectivity index (χ4n) is 5.76. The first-order valence-corrected chi connectivity index (χ1v) is 12.8. The largest absolute Gasteiger partial charge is 0.392 e. The minimum atomic E-state index is -0.458. The van der Waals surface area contributed by atoms with Crippen molar-refractivity contribution >= 4 is 12.6 Å². The maximum atomic E-state index is 10.2. The Balaban J connectivity index is 0.000000501. The molecule has 4 heteroatoms. The van der Waals surface area contributed by atoms with E-state index >= 15 is 0 Å². The highest BCUT2D eigenvalue weighted by molar-refractivity contribution is 7.80. The zero-order chi connectivity index (χ0) is 23.2. The standard InChI is InChI=1S/C22H34O2S.C5H12O/c1-15(25)19-9-10-20-17(4-3-12-22(19,20)2)7-5-16-6-8-18(11-13-23)21(24)14-16;1-4-5(2,3)6/h5,7,11,15,19-21,23-25H,3-4,6,8-10,12-14H2,1-2H3;6H,4H2,1-3H3/b16-5-,17-7+,18-11-;. The molecule has 0 heterocycles. The molecule has 0 aromatic rings. The van der Waals surface area contributed by atoms with Crippen LogP contribution in [0.5, 0.6) is 0 Å².